The average Bonchev–Trinajstić information content (AvgIpc) is 2.73. The number of carbonyl (C=O) groups is 1. The molecule has 0 unspecified atom stereocenters. The van der Waals surface area contributed by atoms with Gasteiger partial charge in [-0.3, -0.25) is 4.79 Å². The summed E-state index contributed by atoms with van der Waals surface area (Å²) in [5, 5.41) is -0.977. The van der Waals surface area contributed by atoms with Crippen LogP contribution in [0.2, 0.25) is 0 Å². The van der Waals surface area contributed by atoms with Crippen molar-refractivity contribution < 1.29 is 17.9 Å². The summed E-state index contributed by atoms with van der Waals surface area (Å²) in [7, 11) is -2.20. The lowest BCUT2D eigenvalue weighted by Crippen LogP contribution is -2.18. The van der Waals surface area contributed by atoms with Crippen LogP contribution in [0.15, 0.2) is 83.8 Å². The van der Waals surface area contributed by atoms with Gasteiger partial charge in [-0.2, -0.15) is 0 Å². The molecule has 0 amide bonds. The highest BCUT2D eigenvalue weighted by molar-refractivity contribution is 7.91. The summed E-state index contributed by atoms with van der Waals surface area (Å²) in [5.74, 6) is 0.421. The van der Waals surface area contributed by atoms with Crippen molar-refractivity contribution in [2.75, 3.05) is 7.11 Å². The Labute approximate surface area is 165 Å². The molecule has 3 aromatic rings. The Hall–Kier alpha value is -2.92. The minimum atomic E-state index is -3.75. The second kappa shape index (κ2) is 8.40. The quantitative estimate of drug-likeness (QED) is 0.541. The maximum atomic E-state index is 13.3. The van der Waals surface area contributed by atoms with Crippen LogP contribution in [0.5, 0.6) is 5.75 Å². The smallest absolute Gasteiger partial charge is 0.185 e. The largest absolute Gasteiger partial charge is 0.497 e. The van der Waals surface area contributed by atoms with Gasteiger partial charge in [0.2, 0.25) is 0 Å². The van der Waals surface area contributed by atoms with Crippen LogP contribution in [0.1, 0.15) is 33.2 Å². The molecule has 0 aliphatic rings. The Morgan fingerprint density at radius 3 is 2.07 bits per heavy atom. The number of methoxy groups -OCH3 is 1. The highest BCUT2D eigenvalue weighted by atomic mass is 32.2. The van der Waals surface area contributed by atoms with E-state index in [-0.39, 0.29) is 17.1 Å². The monoisotopic (exact) mass is 394 g/mol. The lowest BCUT2D eigenvalue weighted by molar-refractivity contribution is 0.0980. The van der Waals surface area contributed by atoms with Crippen molar-refractivity contribution in [3.63, 3.8) is 0 Å². The van der Waals surface area contributed by atoms with Gasteiger partial charge in [0, 0.05) is 12.0 Å². The van der Waals surface area contributed by atoms with E-state index < -0.39 is 15.1 Å². The van der Waals surface area contributed by atoms with Gasteiger partial charge in [-0.15, -0.1) is 0 Å². The summed E-state index contributed by atoms with van der Waals surface area (Å²) in [4.78, 5) is 13.1. The summed E-state index contributed by atoms with van der Waals surface area (Å²) in [6.45, 7) is 1.94. The lowest BCUT2D eigenvalue weighted by atomic mass is 10.0. The number of ether oxygens (including phenoxy) is 1. The number of hydrogen-bond donors (Lipinski definition) is 0. The SMILES string of the molecule is COc1ccc([C@H](CC(=O)c2ccc(C)cc2)S(=O)(=O)c2ccccc2)cc1. The van der Waals surface area contributed by atoms with E-state index in [9.17, 15) is 13.2 Å². The Kier molecular flexibility index (Phi) is 5.95. The van der Waals surface area contributed by atoms with Crippen LogP contribution in [0.4, 0.5) is 0 Å². The van der Waals surface area contributed by atoms with Gasteiger partial charge >= 0.3 is 0 Å². The van der Waals surface area contributed by atoms with Gasteiger partial charge in [0.1, 0.15) is 5.75 Å². The first-order valence-electron chi connectivity index (χ1n) is 8.94. The molecular weight excluding hydrogens is 372 g/mol. The molecule has 0 aromatic heterocycles. The van der Waals surface area contributed by atoms with Crippen LogP contribution in [0.25, 0.3) is 0 Å². The third-order valence-corrected chi connectivity index (χ3v) is 6.80. The first-order chi connectivity index (χ1) is 13.4. The predicted molar refractivity (Wildman–Crippen MR) is 109 cm³/mol. The molecule has 0 radical (unpaired) electrons. The molecular formula is C23H22O4S. The van der Waals surface area contributed by atoms with Crippen LogP contribution in [-0.2, 0) is 9.84 Å². The van der Waals surface area contributed by atoms with E-state index >= 15 is 0 Å². The molecule has 0 saturated carbocycles. The molecule has 0 aliphatic heterocycles. The molecule has 3 aromatic carbocycles. The van der Waals surface area contributed by atoms with Crippen molar-refractivity contribution in [2.24, 2.45) is 0 Å². The van der Waals surface area contributed by atoms with Crippen LogP contribution < -0.4 is 4.74 Å². The Bertz CT molecular complexity index is 1040. The van der Waals surface area contributed by atoms with E-state index in [1.54, 1.807) is 73.8 Å². The number of carbonyl (C=O) groups excluding carboxylic acids is 1. The third kappa shape index (κ3) is 4.31. The maximum Gasteiger partial charge on any atom is 0.185 e. The normalized spacial score (nSPS) is 12.4. The van der Waals surface area contributed by atoms with Crippen molar-refractivity contribution in [1.29, 1.82) is 0 Å². The molecule has 5 heteroatoms. The minimum absolute atomic E-state index is 0.132. The van der Waals surface area contributed by atoms with Crippen LogP contribution >= 0.6 is 0 Å². The highest BCUT2D eigenvalue weighted by Gasteiger charge is 2.31. The number of sulfone groups is 1. The van der Waals surface area contributed by atoms with Gasteiger partial charge in [-0.25, -0.2) is 8.42 Å². The molecule has 4 nitrogen and oxygen atoms in total. The zero-order valence-electron chi connectivity index (χ0n) is 15.8. The summed E-state index contributed by atoms with van der Waals surface area (Å²) < 4.78 is 31.8. The molecule has 0 heterocycles. The second-order valence-corrected chi connectivity index (χ2v) is 8.74. The molecule has 144 valence electrons. The Morgan fingerprint density at radius 2 is 1.50 bits per heavy atom. The van der Waals surface area contributed by atoms with E-state index in [1.807, 2.05) is 19.1 Å². The van der Waals surface area contributed by atoms with Gasteiger partial charge in [-0.05, 0) is 36.8 Å². The van der Waals surface area contributed by atoms with Gasteiger partial charge in [-0.1, -0.05) is 60.2 Å². The van der Waals surface area contributed by atoms with E-state index in [2.05, 4.69) is 0 Å². The number of hydrogen-bond acceptors (Lipinski definition) is 4. The number of ketones is 1. The second-order valence-electron chi connectivity index (χ2n) is 6.61. The number of benzene rings is 3. The highest BCUT2D eigenvalue weighted by Crippen LogP contribution is 2.33. The molecule has 1 atom stereocenters. The van der Waals surface area contributed by atoms with Crippen molar-refractivity contribution in [3.8, 4) is 5.75 Å². The zero-order valence-corrected chi connectivity index (χ0v) is 16.6. The van der Waals surface area contributed by atoms with E-state index in [4.69, 9.17) is 4.74 Å². The fourth-order valence-corrected chi connectivity index (χ4v) is 4.78. The Balaban J connectivity index is 2.01. The maximum absolute atomic E-state index is 13.3. The van der Waals surface area contributed by atoms with Gasteiger partial charge in [0.25, 0.3) is 0 Å². The Morgan fingerprint density at radius 1 is 0.893 bits per heavy atom. The summed E-state index contributed by atoms with van der Waals surface area (Å²) in [6, 6.07) is 22.2. The molecule has 0 N–H and O–H groups in total. The molecule has 0 fully saturated rings. The van der Waals surface area contributed by atoms with Crippen LogP contribution in [0.3, 0.4) is 0 Å². The minimum Gasteiger partial charge on any atom is -0.497 e. The summed E-state index contributed by atoms with van der Waals surface area (Å²) in [6.07, 6.45) is -0.132. The average molecular weight is 394 g/mol. The molecule has 0 spiro atoms. The molecule has 0 saturated heterocycles. The van der Waals surface area contributed by atoms with E-state index in [0.29, 0.717) is 16.9 Å². The predicted octanol–water partition coefficient (Wildman–Crippen LogP) is 4.79. The zero-order chi connectivity index (χ0) is 20.1. The van der Waals surface area contributed by atoms with E-state index in [0.717, 1.165) is 5.56 Å². The van der Waals surface area contributed by atoms with Crippen molar-refractivity contribution in [3.05, 3.63) is 95.6 Å². The number of Topliss-reactive ketones (excluding diaryl/α,β-unsaturated/α-hetero) is 1. The number of aryl methyl sites for hydroxylation is 1. The fourth-order valence-electron chi connectivity index (χ4n) is 3.03. The van der Waals surface area contributed by atoms with Crippen LogP contribution in [0, 0.1) is 6.92 Å². The van der Waals surface area contributed by atoms with Crippen molar-refractivity contribution >= 4 is 15.6 Å². The van der Waals surface area contributed by atoms with Gasteiger partial charge in [0.05, 0.1) is 17.3 Å². The molecule has 0 aliphatic carbocycles. The molecule has 0 bridgehead atoms. The molecule has 3 rings (SSSR count). The van der Waals surface area contributed by atoms with E-state index in [1.165, 1.54) is 0 Å². The van der Waals surface area contributed by atoms with Crippen molar-refractivity contribution in [2.45, 2.75) is 23.5 Å². The van der Waals surface area contributed by atoms with Gasteiger partial charge in [0.15, 0.2) is 15.6 Å². The molecule has 28 heavy (non-hydrogen) atoms. The first kappa shape index (κ1) is 19.8. The van der Waals surface area contributed by atoms with Crippen molar-refractivity contribution in [1.82, 2.24) is 0 Å². The lowest BCUT2D eigenvalue weighted by Gasteiger charge is -2.18. The topological polar surface area (TPSA) is 60.4 Å². The summed E-state index contributed by atoms with van der Waals surface area (Å²) >= 11 is 0. The standard InChI is InChI=1S/C23H22O4S/c1-17-8-10-18(11-9-17)22(24)16-23(19-12-14-20(27-2)15-13-19)28(25,26)21-6-4-3-5-7-21/h3-15,23H,16H2,1-2H3/t23-/m0/s1. The van der Waals surface area contributed by atoms with Crippen LogP contribution in [-0.4, -0.2) is 21.3 Å². The fraction of sp³-hybridized carbons (Fsp3) is 0.174. The third-order valence-electron chi connectivity index (χ3n) is 4.68. The number of rotatable bonds is 7. The first-order valence-corrected chi connectivity index (χ1v) is 10.5. The van der Waals surface area contributed by atoms with Gasteiger partial charge < -0.3 is 4.74 Å². The summed E-state index contributed by atoms with van der Waals surface area (Å²) in [5.41, 5.74) is 2.11.